The van der Waals surface area contributed by atoms with Crippen LogP contribution in [-0.2, 0) is 0 Å². The third-order valence-corrected chi connectivity index (χ3v) is 3.38. The number of nitrogens with zero attached hydrogens (tertiary/aromatic N) is 3. The maximum atomic E-state index is 9.43. The fraction of sp³-hybridized carbons (Fsp3) is 0. The molecule has 100 valence electrons. The lowest BCUT2D eigenvalue weighted by molar-refractivity contribution is 0.475. The highest BCUT2D eigenvalue weighted by molar-refractivity contribution is 7.18. The molecule has 0 bridgehead atoms. The number of aromatic hydroxyl groups is 1. The molecular weight excluding hydrogens is 274 g/mol. The number of nitrogens with two attached hydrogens (primary N) is 1. The van der Waals surface area contributed by atoms with E-state index in [0.717, 1.165) is 10.6 Å². The van der Waals surface area contributed by atoms with Crippen molar-refractivity contribution in [2.24, 2.45) is 0 Å². The molecule has 0 aliphatic carbocycles. The van der Waals surface area contributed by atoms with Crippen molar-refractivity contribution in [2.45, 2.75) is 0 Å². The molecule has 0 fully saturated rings. The smallest absolute Gasteiger partial charge is 0.227 e. The lowest BCUT2D eigenvalue weighted by Crippen LogP contribution is -1.97. The van der Waals surface area contributed by atoms with Crippen LogP contribution in [-0.4, -0.2) is 20.1 Å². The predicted octanol–water partition coefficient (Wildman–Crippen LogP) is 2.63. The highest BCUT2D eigenvalue weighted by Gasteiger charge is 2.06. The van der Waals surface area contributed by atoms with Crippen molar-refractivity contribution in [3.05, 3.63) is 42.7 Å². The molecule has 20 heavy (non-hydrogen) atoms. The van der Waals surface area contributed by atoms with Crippen molar-refractivity contribution in [1.29, 1.82) is 0 Å². The van der Waals surface area contributed by atoms with E-state index in [1.807, 2.05) is 6.07 Å². The van der Waals surface area contributed by atoms with Crippen LogP contribution in [0.4, 0.5) is 16.8 Å². The Morgan fingerprint density at radius 2 is 2.10 bits per heavy atom. The van der Waals surface area contributed by atoms with Gasteiger partial charge in [-0.2, -0.15) is 0 Å². The third kappa shape index (κ3) is 2.67. The lowest BCUT2D eigenvalue weighted by atomic mass is 10.3. The third-order valence-electron chi connectivity index (χ3n) is 2.53. The Morgan fingerprint density at radius 3 is 2.85 bits per heavy atom. The summed E-state index contributed by atoms with van der Waals surface area (Å²) in [6, 6.07) is 8.55. The van der Waals surface area contributed by atoms with Gasteiger partial charge < -0.3 is 16.2 Å². The summed E-state index contributed by atoms with van der Waals surface area (Å²) in [5.41, 5.74) is 7.08. The van der Waals surface area contributed by atoms with E-state index in [4.69, 9.17) is 5.73 Å². The number of hydrogen-bond acceptors (Lipinski definition) is 7. The molecule has 4 N–H and O–H groups in total. The molecule has 1 aromatic carbocycles. The van der Waals surface area contributed by atoms with Crippen molar-refractivity contribution in [3.63, 3.8) is 0 Å². The Morgan fingerprint density at radius 1 is 1.20 bits per heavy atom. The number of anilines is 3. The van der Waals surface area contributed by atoms with E-state index in [1.165, 1.54) is 11.3 Å². The van der Waals surface area contributed by atoms with Crippen LogP contribution >= 0.6 is 11.3 Å². The number of benzene rings is 1. The van der Waals surface area contributed by atoms with E-state index in [1.54, 1.807) is 36.7 Å². The standard InChI is InChI=1S/C13H11N5OS/c14-12-16-7-11(20-12)10-4-5-15-13(18-10)17-8-2-1-3-9(19)6-8/h1-7,19H,(H2,14,16)(H,15,17,18). The van der Waals surface area contributed by atoms with Gasteiger partial charge >= 0.3 is 0 Å². The van der Waals surface area contributed by atoms with Gasteiger partial charge in [-0.05, 0) is 18.2 Å². The van der Waals surface area contributed by atoms with Crippen molar-refractivity contribution >= 4 is 28.1 Å². The summed E-state index contributed by atoms with van der Waals surface area (Å²) >= 11 is 1.37. The van der Waals surface area contributed by atoms with Gasteiger partial charge in [-0.25, -0.2) is 15.0 Å². The van der Waals surface area contributed by atoms with Gasteiger partial charge in [0, 0.05) is 24.1 Å². The molecule has 2 heterocycles. The Kier molecular flexibility index (Phi) is 3.18. The highest BCUT2D eigenvalue weighted by atomic mass is 32.1. The first-order valence-corrected chi connectivity index (χ1v) is 6.63. The first kappa shape index (κ1) is 12.4. The van der Waals surface area contributed by atoms with E-state index in [2.05, 4.69) is 20.3 Å². The van der Waals surface area contributed by atoms with Gasteiger partial charge in [-0.15, -0.1) is 0 Å². The van der Waals surface area contributed by atoms with Crippen LogP contribution in [0.2, 0.25) is 0 Å². The quantitative estimate of drug-likeness (QED) is 0.684. The van der Waals surface area contributed by atoms with Gasteiger partial charge in [0.05, 0.1) is 10.6 Å². The van der Waals surface area contributed by atoms with E-state index >= 15 is 0 Å². The fourth-order valence-electron chi connectivity index (χ4n) is 1.67. The number of phenols is 1. The molecule has 0 saturated carbocycles. The zero-order valence-electron chi connectivity index (χ0n) is 10.3. The first-order chi connectivity index (χ1) is 9.70. The molecule has 0 saturated heterocycles. The number of hydrogen-bond donors (Lipinski definition) is 3. The Bertz CT molecular complexity index is 743. The number of nitrogen functional groups attached to an aromatic ring is 1. The molecule has 3 aromatic rings. The topological polar surface area (TPSA) is 97.0 Å². The molecule has 0 atom stereocenters. The molecule has 6 nitrogen and oxygen atoms in total. The minimum atomic E-state index is 0.182. The first-order valence-electron chi connectivity index (χ1n) is 5.81. The molecule has 0 aliphatic heterocycles. The van der Waals surface area contributed by atoms with Gasteiger partial charge in [0.1, 0.15) is 5.75 Å². The lowest BCUT2D eigenvalue weighted by Gasteiger charge is -2.05. The number of nitrogens with one attached hydrogen (secondary N) is 1. The maximum absolute atomic E-state index is 9.43. The van der Waals surface area contributed by atoms with Gasteiger partial charge in [0.25, 0.3) is 0 Å². The Labute approximate surface area is 119 Å². The summed E-state index contributed by atoms with van der Waals surface area (Å²) in [7, 11) is 0. The summed E-state index contributed by atoms with van der Waals surface area (Å²) in [5.74, 6) is 0.626. The summed E-state index contributed by atoms with van der Waals surface area (Å²) in [6.45, 7) is 0. The summed E-state index contributed by atoms with van der Waals surface area (Å²) in [5, 5.41) is 13.0. The second-order valence-corrected chi connectivity index (χ2v) is 5.07. The zero-order chi connectivity index (χ0) is 13.9. The molecule has 2 aromatic heterocycles. The highest BCUT2D eigenvalue weighted by Crippen LogP contribution is 2.26. The largest absolute Gasteiger partial charge is 0.508 e. The molecule has 7 heteroatoms. The second-order valence-electron chi connectivity index (χ2n) is 4.00. The number of thiazole rings is 1. The van der Waals surface area contributed by atoms with Crippen LogP contribution in [0.1, 0.15) is 0 Å². The fourth-order valence-corrected chi connectivity index (χ4v) is 2.33. The molecule has 0 unspecified atom stereocenters. The minimum absolute atomic E-state index is 0.182. The summed E-state index contributed by atoms with van der Waals surface area (Å²) in [4.78, 5) is 13.4. The van der Waals surface area contributed by atoms with E-state index in [9.17, 15) is 5.11 Å². The van der Waals surface area contributed by atoms with Crippen molar-refractivity contribution < 1.29 is 5.11 Å². The Balaban J connectivity index is 1.88. The average molecular weight is 285 g/mol. The molecule has 0 spiro atoms. The summed E-state index contributed by atoms with van der Waals surface area (Å²) in [6.07, 6.45) is 3.34. The van der Waals surface area contributed by atoms with Crippen molar-refractivity contribution in [1.82, 2.24) is 15.0 Å². The van der Waals surface area contributed by atoms with Crippen LogP contribution in [0.25, 0.3) is 10.6 Å². The van der Waals surface area contributed by atoms with Crippen molar-refractivity contribution in [2.75, 3.05) is 11.1 Å². The second kappa shape index (κ2) is 5.14. The van der Waals surface area contributed by atoms with Crippen LogP contribution in [0.3, 0.4) is 0 Å². The predicted molar refractivity (Wildman–Crippen MR) is 78.9 cm³/mol. The van der Waals surface area contributed by atoms with Crippen LogP contribution in [0, 0.1) is 0 Å². The zero-order valence-corrected chi connectivity index (χ0v) is 11.1. The Hall–Kier alpha value is -2.67. The molecular formula is C13H11N5OS. The van der Waals surface area contributed by atoms with Gasteiger partial charge in [0.2, 0.25) is 5.95 Å². The van der Waals surface area contributed by atoms with Gasteiger partial charge in [0.15, 0.2) is 5.13 Å². The van der Waals surface area contributed by atoms with E-state index in [-0.39, 0.29) is 5.75 Å². The van der Waals surface area contributed by atoms with Gasteiger partial charge in [-0.3, -0.25) is 0 Å². The normalized spacial score (nSPS) is 10.4. The molecule has 0 aliphatic rings. The number of aromatic nitrogens is 3. The van der Waals surface area contributed by atoms with E-state index < -0.39 is 0 Å². The van der Waals surface area contributed by atoms with E-state index in [0.29, 0.717) is 16.8 Å². The van der Waals surface area contributed by atoms with Gasteiger partial charge in [-0.1, -0.05) is 17.4 Å². The monoisotopic (exact) mass is 285 g/mol. The molecule has 3 rings (SSSR count). The van der Waals surface area contributed by atoms with Crippen LogP contribution < -0.4 is 11.1 Å². The van der Waals surface area contributed by atoms with Crippen LogP contribution in [0.15, 0.2) is 42.7 Å². The number of rotatable bonds is 3. The number of phenolic OH excluding ortho intramolecular Hbond substituents is 1. The molecule has 0 amide bonds. The van der Waals surface area contributed by atoms with Crippen molar-refractivity contribution in [3.8, 4) is 16.3 Å². The molecule has 0 radical (unpaired) electrons. The summed E-state index contributed by atoms with van der Waals surface area (Å²) < 4.78 is 0. The average Bonchev–Trinajstić information content (AvgIpc) is 2.86. The minimum Gasteiger partial charge on any atom is -0.508 e. The SMILES string of the molecule is Nc1ncc(-c2ccnc(Nc3cccc(O)c3)n2)s1. The van der Waals surface area contributed by atoms with Crippen LogP contribution in [0.5, 0.6) is 5.75 Å². The maximum Gasteiger partial charge on any atom is 0.227 e.